The lowest BCUT2D eigenvalue weighted by atomic mass is 10.0. The van der Waals surface area contributed by atoms with E-state index in [0.29, 0.717) is 11.5 Å². The average molecular weight is 424 g/mol. The van der Waals surface area contributed by atoms with Crippen LogP contribution >= 0.6 is 0 Å². The average Bonchev–Trinajstić information content (AvgIpc) is 3.17. The van der Waals surface area contributed by atoms with Gasteiger partial charge in [-0.1, -0.05) is 25.5 Å². The van der Waals surface area contributed by atoms with E-state index in [1.54, 1.807) is 24.4 Å². The SMILES string of the molecule is CCCC(NC1=N[C@](C(N)=O)(c2cnc3ccc(F)cn23)NC=C1)c1ccc(F)cc1. The van der Waals surface area contributed by atoms with Crippen LogP contribution in [0.15, 0.2) is 66.1 Å². The topological polar surface area (TPSA) is 96.8 Å². The third-order valence-corrected chi connectivity index (χ3v) is 5.19. The molecule has 0 fully saturated rings. The number of primary amides is 1. The van der Waals surface area contributed by atoms with Crippen molar-refractivity contribution in [3.63, 3.8) is 0 Å². The zero-order valence-corrected chi connectivity index (χ0v) is 16.8. The quantitative estimate of drug-likeness (QED) is 0.567. The minimum atomic E-state index is -1.68. The normalized spacial score (nSPS) is 19.0. The van der Waals surface area contributed by atoms with Gasteiger partial charge in [-0.2, -0.15) is 0 Å². The van der Waals surface area contributed by atoms with Gasteiger partial charge in [0.15, 0.2) is 0 Å². The van der Waals surface area contributed by atoms with Gasteiger partial charge in [-0.25, -0.2) is 18.8 Å². The Balaban J connectivity index is 1.74. The predicted molar refractivity (Wildman–Crippen MR) is 113 cm³/mol. The van der Waals surface area contributed by atoms with Crippen LogP contribution in [0.1, 0.15) is 37.1 Å². The fourth-order valence-electron chi connectivity index (χ4n) is 3.66. The zero-order chi connectivity index (χ0) is 22.0. The summed E-state index contributed by atoms with van der Waals surface area (Å²) < 4.78 is 28.7. The number of nitrogens with one attached hydrogen (secondary N) is 2. The van der Waals surface area contributed by atoms with Crippen LogP contribution in [-0.4, -0.2) is 21.1 Å². The number of amidine groups is 1. The molecule has 160 valence electrons. The van der Waals surface area contributed by atoms with Crippen molar-refractivity contribution in [2.45, 2.75) is 31.5 Å². The number of halogens is 2. The highest BCUT2D eigenvalue weighted by atomic mass is 19.1. The maximum atomic E-state index is 13.9. The second-order valence-corrected chi connectivity index (χ2v) is 7.31. The summed E-state index contributed by atoms with van der Waals surface area (Å²) in [7, 11) is 0. The highest BCUT2D eigenvalue weighted by Crippen LogP contribution is 2.27. The van der Waals surface area contributed by atoms with E-state index in [1.807, 2.05) is 6.92 Å². The van der Waals surface area contributed by atoms with Crippen LogP contribution in [0, 0.1) is 11.6 Å². The van der Waals surface area contributed by atoms with Gasteiger partial charge in [0.2, 0.25) is 0 Å². The van der Waals surface area contributed by atoms with Crippen LogP contribution in [-0.2, 0) is 10.5 Å². The van der Waals surface area contributed by atoms with Gasteiger partial charge < -0.3 is 16.4 Å². The highest BCUT2D eigenvalue weighted by molar-refractivity contribution is 5.98. The maximum Gasteiger partial charge on any atom is 0.272 e. The van der Waals surface area contributed by atoms with E-state index >= 15 is 0 Å². The Morgan fingerprint density at radius 3 is 2.68 bits per heavy atom. The molecular weight excluding hydrogens is 402 g/mol. The van der Waals surface area contributed by atoms with E-state index in [-0.39, 0.29) is 17.6 Å². The molecule has 4 N–H and O–H groups in total. The second-order valence-electron chi connectivity index (χ2n) is 7.31. The van der Waals surface area contributed by atoms with Crippen molar-refractivity contribution in [3.8, 4) is 0 Å². The number of pyridine rings is 1. The fourth-order valence-corrected chi connectivity index (χ4v) is 3.66. The van der Waals surface area contributed by atoms with Crippen molar-refractivity contribution in [1.82, 2.24) is 20.0 Å². The summed E-state index contributed by atoms with van der Waals surface area (Å²) in [6.07, 6.45) is 7.54. The maximum absolute atomic E-state index is 13.9. The molecule has 2 aromatic heterocycles. The molecule has 0 saturated heterocycles. The highest BCUT2D eigenvalue weighted by Gasteiger charge is 2.42. The number of aliphatic imine (C=N–C) groups is 1. The first-order valence-electron chi connectivity index (χ1n) is 9.92. The van der Waals surface area contributed by atoms with E-state index in [4.69, 9.17) is 5.73 Å². The monoisotopic (exact) mass is 424 g/mol. The Labute approximate surface area is 177 Å². The van der Waals surface area contributed by atoms with Crippen LogP contribution in [0.5, 0.6) is 0 Å². The number of hydrogen-bond acceptors (Lipinski definition) is 5. The first-order valence-corrected chi connectivity index (χ1v) is 9.92. The zero-order valence-electron chi connectivity index (χ0n) is 16.8. The summed E-state index contributed by atoms with van der Waals surface area (Å²) in [6.45, 7) is 2.04. The molecule has 4 rings (SSSR count). The molecule has 3 aromatic rings. The van der Waals surface area contributed by atoms with E-state index in [0.717, 1.165) is 18.4 Å². The summed E-state index contributed by atoms with van der Waals surface area (Å²) in [5.74, 6) is -1.16. The van der Waals surface area contributed by atoms with Crippen LogP contribution in [0.4, 0.5) is 8.78 Å². The van der Waals surface area contributed by atoms with Gasteiger partial charge in [-0.3, -0.25) is 9.20 Å². The minimum Gasteiger partial charge on any atom is -0.366 e. The van der Waals surface area contributed by atoms with Gasteiger partial charge in [-0.15, -0.1) is 0 Å². The summed E-state index contributed by atoms with van der Waals surface area (Å²) in [4.78, 5) is 21.4. The Morgan fingerprint density at radius 1 is 1.23 bits per heavy atom. The molecule has 0 radical (unpaired) electrons. The Hall–Kier alpha value is -3.75. The number of carbonyl (C=O) groups excluding carboxylic acids is 1. The standard InChI is InChI=1S/C22H22F2N6O/c1-2-3-17(14-4-6-15(23)7-5-14)28-19-10-11-27-22(29-19,21(25)31)18-12-26-20-9-8-16(24)13-30(18)20/h4-13,17,27H,2-3H2,1H3,(H2,25,31)(H,28,29)/t17?,22-/m0/s1. The van der Waals surface area contributed by atoms with Gasteiger partial charge in [0.25, 0.3) is 11.6 Å². The van der Waals surface area contributed by atoms with Crippen LogP contribution in [0.3, 0.4) is 0 Å². The Kier molecular flexibility index (Phi) is 5.41. The lowest BCUT2D eigenvalue weighted by molar-refractivity contribution is -0.124. The number of nitrogens with zero attached hydrogens (tertiary/aromatic N) is 3. The molecule has 31 heavy (non-hydrogen) atoms. The summed E-state index contributed by atoms with van der Waals surface area (Å²) in [6, 6.07) is 8.86. The molecule has 1 aromatic carbocycles. The molecule has 2 atom stereocenters. The van der Waals surface area contributed by atoms with Crippen LogP contribution < -0.4 is 16.4 Å². The number of imidazole rings is 1. The van der Waals surface area contributed by atoms with E-state index in [9.17, 15) is 13.6 Å². The molecule has 0 spiro atoms. The predicted octanol–water partition coefficient (Wildman–Crippen LogP) is 2.90. The van der Waals surface area contributed by atoms with Gasteiger partial charge in [0, 0.05) is 12.4 Å². The summed E-state index contributed by atoms with van der Waals surface area (Å²) >= 11 is 0. The van der Waals surface area contributed by atoms with Gasteiger partial charge in [0.05, 0.1) is 12.2 Å². The number of nitrogens with two attached hydrogens (primary N) is 1. The van der Waals surface area contributed by atoms with Crippen LogP contribution in [0.25, 0.3) is 5.65 Å². The second kappa shape index (κ2) is 8.17. The molecule has 9 heteroatoms. The number of carbonyl (C=O) groups is 1. The lowest BCUT2D eigenvalue weighted by Gasteiger charge is -2.31. The molecule has 0 bridgehead atoms. The number of aromatic nitrogens is 2. The van der Waals surface area contributed by atoms with Crippen molar-refractivity contribution in [2.24, 2.45) is 10.7 Å². The molecule has 0 aliphatic carbocycles. The van der Waals surface area contributed by atoms with E-state index in [2.05, 4.69) is 20.6 Å². The Morgan fingerprint density at radius 2 is 1.97 bits per heavy atom. The third kappa shape index (κ3) is 3.86. The van der Waals surface area contributed by atoms with Gasteiger partial charge in [-0.05, 0) is 42.3 Å². The molecule has 1 aliphatic heterocycles. The van der Waals surface area contributed by atoms with Crippen molar-refractivity contribution < 1.29 is 13.6 Å². The fraction of sp³-hybridized carbons (Fsp3) is 0.227. The smallest absolute Gasteiger partial charge is 0.272 e. The number of fused-ring (bicyclic) bond motifs is 1. The number of rotatable bonds is 6. The lowest BCUT2D eigenvalue weighted by Crippen LogP contribution is -2.53. The third-order valence-electron chi connectivity index (χ3n) is 5.19. The van der Waals surface area contributed by atoms with Gasteiger partial charge >= 0.3 is 0 Å². The van der Waals surface area contributed by atoms with Crippen molar-refractivity contribution in [2.75, 3.05) is 0 Å². The number of amides is 1. The minimum absolute atomic E-state index is 0.155. The van der Waals surface area contributed by atoms with E-state index < -0.39 is 17.4 Å². The molecule has 1 aliphatic rings. The van der Waals surface area contributed by atoms with Crippen molar-refractivity contribution in [3.05, 3.63) is 84.0 Å². The molecule has 3 heterocycles. The molecule has 1 amide bonds. The van der Waals surface area contributed by atoms with Crippen molar-refractivity contribution in [1.29, 1.82) is 0 Å². The van der Waals surface area contributed by atoms with Crippen LogP contribution in [0.2, 0.25) is 0 Å². The largest absolute Gasteiger partial charge is 0.366 e. The Bertz CT molecular complexity index is 1170. The first-order chi connectivity index (χ1) is 14.9. The number of hydrogen-bond donors (Lipinski definition) is 3. The molecule has 1 unspecified atom stereocenters. The molecular formula is C22H22F2N6O. The first kappa shape index (κ1) is 20.5. The van der Waals surface area contributed by atoms with Gasteiger partial charge in [0.1, 0.15) is 28.8 Å². The van der Waals surface area contributed by atoms with E-state index in [1.165, 1.54) is 41.1 Å². The summed E-state index contributed by atoms with van der Waals surface area (Å²) in [5, 5.41) is 6.23. The summed E-state index contributed by atoms with van der Waals surface area (Å²) in [5.41, 5.74) is 5.70. The molecule has 0 saturated carbocycles. The van der Waals surface area contributed by atoms with Crippen molar-refractivity contribution >= 4 is 17.4 Å². The molecule has 7 nitrogen and oxygen atoms in total. The number of benzene rings is 1.